The van der Waals surface area contributed by atoms with Crippen molar-refractivity contribution in [3.63, 3.8) is 0 Å². The summed E-state index contributed by atoms with van der Waals surface area (Å²) in [5.74, 6) is 0.606. The van der Waals surface area contributed by atoms with Gasteiger partial charge in [-0.05, 0) is 40.4 Å². The maximum absolute atomic E-state index is 6.17. The molecule has 0 saturated carbocycles. The van der Waals surface area contributed by atoms with Crippen molar-refractivity contribution in [3.8, 4) is 11.5 Å². The minimum absolute atomic E-state index is 0.446. The predicted octanol–water partition coefficient (Wildman–Crippen LogP) is 4.47. The van der Waals surface area contributed by atoms with E-state index in [0.29, 0.717) is 11.0 Å². The van der Waals surface area contributed by atoms with E-state index in [1.165, 1.54) is 0 Å². The first kappa shape index (κ1) is 14.4. The van der Waals surface area contributed by atoms with Crippen LogP contribution < -0.4 is 0 Å². The summed E-state index contributed by atoms with van der Waals surface area (Å²) in [6.07, 6.45) is 4.52. The highest BCUT2D eigenvalue weighted by Crippen LogP contribution is 2.28. The zero-order valence-electron chi connectivity index (χ0n) is 11.0. The van der Waals surface area contributed by atoms with Gasteiger partial charge in [0.2, 0.25) is 0 Å². The van der Waals surface area contributed by atoms with Crippen LogP contribution in [-0.4, -0.2) is 15.0 Å². The van der Waals surface area contributed by atoms with Crippen LogP contribution in [0.15, 0.2) is 22.8 Å². The molecule has 0 unspecified atom stereocenters. The normalized spacial score (nSPS) is 10.7. The summed E-state index contributed by atoms with van der Waals surface area (Å²) < 4.78 is 0.786. The molecule has 2 aromatic rings. The molecule has 2 rings (SSSR count). The summed E-state index contributed by atoms with van der Waals surface area (Å²) in [7, 11) is 0. The van der Waals surface area contributed by atoms with E-state index in [9.17, 15) is 0 Å². The maximum atomic E-state index is 6.17. The highest BCUT2D eigenvalue weighted by Gasteiger charge is 2.14. The van der Waals surface area contributed by atoms with Gasteiger partial charge in [0.25, 0.3) is 0 Å². The standard InChI is InChI=1S/C14H15BrClN3/c1-3-6-10-11(15)13(16)19-14(18-10)12-9(4-2)7-5-8-17-12/h5,7-8H,3-4,6H2,1-2H3. The third-order valence-electron chi connectivity index (χ3n) is 2.85. The monoisotopic (exact) mass is 339 g/mol. The summed E-state index contributed by atoms with van der Waals surface area (Å²) in [6, 6.07) is 3.97. The number of hydrogen-bond acceptors (Lipinski definition) is 3. The minimum Gasteiger partial charge on any atom is -0.253 e. The smallest absolute Gasteiger partial charge is 0.180 e. The Hall–Kier alpha value is -1.00. The van der Waals surface area contributed by atoms with Crippen LogP contribution in [0.4, 0.5) is 0 Å². The molecule has 0 aliphatic rings. The Morgan fingerprint density at radius 1 is 1.26 bits per heavy atom. The van der Waals surface area contributed by atoms with Gasteiger partial charge in [0.05, 0.1) is 10.2 Å². The molecule has 19 heavy (non-hydrogen) atoms. The Labute approximate surface area is 126 Å². The van der Waals surface area contributed by atoms with Crippen molar-refractivity contribution in [2.75, 3.05) is 0 Å². The Bertz CT molecular complexity index is 587. The molecule has 0 spiro atoms. The fourth-order valence-electron chi connectivity index (χ4n) is 1.90. The van der Waals surface area contributed by atoms with E-state index in [0.717, 1.165) is 40.7 Å². The van der Waals surface area contributed by atoms with Gasteiger partial charge in [0.1, 0.15) is 10.8 Å². The van der Waals surface area contributed by atoms with Gasteiger partial charge in [0.15, 0.2) is 5.82 Å². The lowest BCUT2D eigenvalue weighted by atomic mass is 10.1. The molecular formula is C14H15BrClN3. The van der Waals surface area contributed by atoms with E-state index < -0.39 is 0 Å². The van der Waals surface area contributed by atoms with E-state index in [1.54, 1.807) is 6.20 Å². The van der Waals surface area contributed by atoms with E-state index >= 15 is 0 Å². The van der Waals surface area contributed by atoms with Gasteiger partial charge in [-0.25, -0.2) is 9.97 Å². The lowest BCUT2D eigenvalue weighted by Gasteiger charge is -2.09. The van der Waals surface area contributed by atoms with E-state index in [2.05, 4.69) is 44.7 Å². The Balaban J connectivity index is 2.56. The zero-order valence-corrected chi connectivity index (χ0v) is 13.3. The quantitative estimate of drug-likeness (QED) is 0.771. The van der Waals surface area contributed by atoms with Crippen molar-refractivity contribution in [1.82, 2.24) is 15.0 Å². The first-order chi connectivity index (χ1) is 9.17. The van der Waals surface area contributed by atoms with Crippen molar-refractivity contribution < 1.29 is 0 Å². The molecule has 0 aliphatic heterocycles. The molecular weight excluding hydrogens is 326 g/mol. The zero-order chi connectivity index (χ0) is 13.8. The van der Waals surface area contributed by atoms with Crippen LogP contribution in [-0.2, 0) is 12.8 Å². The van der Waals surface area contributed by atoms with Crippen molar-refractivity contribution in [2.24, 2.45) is 0 Å². The molecule has 0 amide bonds. The third-order valence-corrected chi connectivity index (χ3v) is 4.19. The molecule has 3 nitrogen and oxygen atoms in total. The van der Waals surface area contributed by atoms with Crippen LogP contribution in [0.25, 0.3) is 11.5 Å². The number of aryl methyl sites for hydroxylation is 2. The van der Waals surface area contributed by atoms with Crippen molar-refractivity contribution >= 4 is 27.5 Å². The molecule has 100 valence electrons. The second kappa shape index (κ2) is 6.44. The van der Waals surface area contributed by atoms with Crippen molar-refractivity contribution in [1.29, 1.82) is 0 Å². The van der Waals surface area contributed by atoms with Crippen LogP contribution in [0, 0.1) is 0 Å². The Morgan fingerprint density at radius 2 is 2.05 bits per heavy atom. The predicted molar refractivity (Wildman–Crippen MR) is 81.3 cm³/mol. The molecule has 5 heteroatoms. The van der Waals surface area contributed by atoms with Gasteiger partial charge in [-0.15, -0.1) is 0 Å². The summed E-state index contributed by atoms with van der Waals surface area (Å²) >= 11 is 9.62. The second-order valence-corrected chi connectivity index (χ2v) is 5.36. The Morgan fingerprint density at radius 3 is 2.74 bits per heavy atom. The molecule has 0 radical (unpaired) electrons. The van der Waals surface area contributed by atoms with E-state index in [1.807, 2.05) is 12.1 Å². The summed E-state index contributed by atoms with van der Waals surface area (Å²) in [5.41, 5.74) is 2.88. The molecule has 0 aromatic carbocycles. The lowest BCUT2D eigenvalue weighted by Crippen LogP contribution is -2.01. The van der Waals surface area contributed by atoms with Gasteiger partial charge in [-0.3, -0.25) is 4.98 Å². The molecule has 0 fully saturated rings. The largest absolute Gasteiger partial charge is 0.253 e. The molecule has 0 atom stereocenters. The molecule has 0 saturated heterocycles. The number of nitrogens with zero attached hydrogens (tertiary/aromatic N) is 3. The number of halogens is 2. The number of pyridine rings is 1. The average Bonchev–Trinajstić information content (AvgIpc) is 2.43. The van der Waals surface area contributed by atoms with Crippen LogP contribution in [0.2, 0.25) is 5.15 Å². The maximum Gasteiger partial charge on any atom is 0.180 e. The van der Waals surface area contributed by atoms with Gasteiger partial charge >= 0.3 is 0 Å². The average molecular weight is 341 g/mol. The third kappa shape index (κ3) is 3.12. The van der Waals surface area contributed by atoms with Gasteiger partial charge < -0.3 is 0 Å². The molecule has 2 heterocycles. The number of hydrogen-bond donors (Lipinski definition) is 0. The van der Waals surface area contributed by atoms with Crippen LogP contribution in [0.3, 0.4) is 0 Å². The highest BCUT2D eigenvalue weighted by atomic mass is 79.9. The van der Waals surface area contributed by atoms with Crippen LogP contribution in [0.1, 0.15) is 31.5 Å². The fourth-order valence-corrected chi connectivity index (χ4v) is 2.46. The van der Waals surface area contributed by atoms with Gasteiger partial charge in [-0.1, -0.05) is 37.9 Å². The van der Waals surface area contributed by atoms with E-state index in [-0.39, 0.29) is 0 Å². The molecule has 0 N–H and O–H groups in total. The SMILES string of the molecule is CCCc1nc(-c2ncccc2CC)nc(Cl)c1Br. The minimum atomic E-state index is 0.446. The first-order valence-corrected chi connectivity index (χ1v) is 7.50. The first-order valence-electron chi connectivity index (χ1n) is 6.33. The molecule has 0 bridgehead atoms. The number of rotatable bonds is 4. The van der Waals surface area contributed by atoms with Gasteiger partial charge in [0, 0.05) is 6.20 Å². The van der Waals surface area contributed by atoms with Crippen LogP contribution >= 0.6 is 27.5 Å². The summed E-state index contributed by atoms with van der Waals surface area (Å²) in [6.45, 7) is 4.20. The molecule has 2 aromatic heterocycles. The topological polar surface area (TPSA) is 38.7 Å². The number of aromatic nitrogens is 3. The lowest BCUT2D eigenvalue weighted by molar-refractivity contribution is 0.865. The van der Waals surface area contributed by atoms with Crippen molar-refractivity contribution in [2.45, 2.75) is 33.1 Å². The van der Waals surface area contributed by atoms with Gasteiger partial charge in [-0.2, -0.15) is 0 Å². The highest BCUT2D eigenvalue weighted by molar-refractivity contribution is 9.10. The van der Waals surface area contributed by atoms with Crippen LogP contribution in [0.5, 0.6) is 0 Å². The van der Waals surface area contributed by atoms with E-state index in [4.69, 9.17) is 11.6 Å². The summed E-state index contributed by atoms with van der Waals surface area (Å²) in [4.78, 5) is 13.3. The van der Waals surface area contributed by atoms with Crippen molar-refractivity contribution in [3.05, 3.63) is 39.2 Å². The summed E-state index contributed by atoms with van der Waals surface area (Å²) in [5, 5.41) is 0.446. The molecule has 0 aliphatic carbocycles. The fraction of sp³-hybridized carbons (Fsp3) is 0.357. The Kier molecular flexibility index (Phi) is 4.88. The second-order valence-electron chi connectivity index (χ2n) is 4.21.